The number of rotatable bonds is 10. The van der Waals surface area contributed by atoms with Gasteiger partial charge in [-0.25, -0.2) is 0 Å². The van der Waals surface area contributed by atoms with E-state index in [-0.39, 0.29) is 74.2 Å². The molecule has 1 aromatic carbocycles. The molecule has 170 valence electrons. The van der Waals surface area contributed by atoms with Crippen LogP contribution in [0.2, 0.25) is 0 Å². The molecule has 0 unspecified atom stereocenters. The lowest BCUT2D eigenvalue weighted by atomic mass is 10.1. The smallest absolute Gasteiger partial charge is 0.251 e. The van der Waals surface area contributed by atoms with Crippen LogP contribution < -0.4 is 10.6 Å². The molecule has 2 aliphatic rings. The van der Waals surface area contributed by atoms with E-state index >= 15 is 0 Å². The van der Waals surface area contributed by atoms with Crippen LogP contribution in [0.15, 0.2) is 24.3 Å². The van der Waals surface area contributed by atoms with Crippen molar-refractivity contribution < 1.29 is 28.8 Å². The van der Waals surface area contributed by atoms with Gasteiger partial charge in [0.05, 0.1) is 0 Å². The predicted octanol–water partition coefficient (Wildman–Crippen LogP) is 0.224. The summed E-state index contributed by atoms with van der Waals surface area (Å²) in [7, 11) is 0. The van der Waals surface area contributed by atoms with Crippen LogP contribution in [0.1, 0.15) is 59.2 Å². The third kappa shape index (κ3) is 5.77. The van der Waals surface area contributed by atoms with Crippen LogP contribution in [0.5, 0.6) is 0 Å². The third-order valence-electron chi connectivity index (χ3n) is 5.41. The van der Waals surface area contributed by atoms with Crippen molar-refractivity contribution >= 4 is 35.4 Å². The lowest BCUT2D eigenvalue weighted by Gasteiger charge is -2.14. The van der Waals surface area contributed by atoms with Crippen molar-refractivity contribution in [2.75, 3.05) is 26.2 Å². The Labute approximate surface area is 185 Å². The van der Waals surface area contributed by atoms with Crippen LogP contribution in [0.3, 0.4) is 0 Å². The van der Waals surface area contributed by atoms with Gasteiger partial charge in [0.25, 0.3) is 11.8 Å². The second-order valence-electron chi connectivity index (χ2n) is 7.67. The van der Waals surface area contributed by atoms with Gasteiger partial charge in [0.1, 0.15) is 0 Å². The minimum atomic E-state index is -0.309. The van der Waals surface area contributed by atoms with E-state index in [1.807, 2.05) is 0 Å². The van der Waals surface area contributed by atoms with Crippen LogP contribution in [-0.4, -0.2) is 71.4 Å². The highest BCUT2D eigenvalue weighted by molar-refractivity contribution is 6.02. The molecule has 10 heteroatoms. The first-order chi connectivity index (χ1) is 15.4. The fraction of sp³-hybridized carbons (Fsp3) is 0.455. The molecule has 0 saturated carbocycles. The molecule has 2 N–H and O–H groups in total. The second-order valence-corrected chi connectivity index (χ2v) is 7.67. The van der Waals surface area contributed by atoms with E-state index in [0.717, 1.165) is 0 Å². The normalized spacial score (nSPS) is 16.1. The second kappa shape index (κ2) is 10.7. The Kier molecular flexibility index (Phi) is 7.69. The predicted molar refractivity (Wildman–Crippen MR) is 112 cm³/mol. The Morgan fingerprint density at radius 3 is 1.25 bits per heavy atom. The number of hydrogen-bond donors (Lipinski definition) is 2. The highest BCUT2D eigenvalue weighted by atomic mass is 16.2. The summed E-state index contributed by atoms with van der Waals surface area (Å²) in [4.78, 5) is 73.1. The van der Waals surface area contributed by atoms with Crippen molar-refractivity contribution in [1.82, 2.24) is 20.4 Å². The quantitative estimate of drug-likeness (QED) is 0.394. The molecule has 2 heterocycles. The van der Waals surface area contributed by atoms with E-state index in [9.17, 15) is 28.8 Å². The first-order valence-electron chi connectivity index (χ1n) is 10.7. The lowest BCUT2D eigenvalue weighted by Crippen LogP contribution is -2.33. The van der Waals surface area contributed by atoms with Crippen molar-refractivity contribution in [3.63, 3.8) is 0 Å². The summed E-state index contributed by atoms with van der Waals surface area (Å²) in [5.74, 6) is -1.31. The standard InChI is InChI=1S/C22H26N4O6/c27-17-7-8-18(28)25(17)13-1-11-23-21(31)15-3-5-16(6-4-15)22(32)24-12-2-14-26-19(29)9-10-20(26)30/h3-6H,1-2,7-14H2,(H,23,31)(H,24,32). The summed E-state index contributed by atoms with van der Waals surface area (Å²) in [5.41, 5.74) is 0.780. The SMILES string of the molecule is O=C(NCCCN1C(=O)CCC1=O)c1ccc(C(=O)NCCCN2C(=O)CCC2=O)cc1. The average Bonchev–Trinajstić information content (AvgIpc) is 3.28. The van der Waals surface area contributed by atoms with Gasteiger partial charge in [-0.15, -0.1) is 0 Å². The molecule has 1 aromatic rings. The highest BCUT2D eigenvalue weighted by Crippen LogP contribution is 2.12. The van der Waals surface area contributed by atoms with Crippen LogP contribution in [0.4, 0.5) is 0 Å². The molecule has 2 saturated heterocycles. The van der Waals surface area contributed by atoms with Gasteiger partial charge in [-0.2, -0.15) is 0 Å². The fourth-order valence-electron chi connectivity index (χ4n) is 3.60. The molecular formula is C22H26N4O6. The minimum absolute atomic E-state index is 0.173. The maximum absolute atomic E-state index is 12.2. The summed E-state index contributed by atoms with van der Waals surface area (Å²) >= 11 is 0. The van der Waals surface area contributed by atoms with Gasteiger partial charge in [0.2, 0.25) is 23.6 Å². The summed E-state index contributed by atoms with van der Waals surface area (Å²) in [6, 6.07) is 6.16. The molecule has 0 aliphatic carbocycles. The molecule has 2 fully saturated rings. The number of nitrogens with one attached hydrogen (secondary N) is 2. The number of imide groups is 2. The Morgan fingerprint density at radius 1 is 0.625 bits per heavy atom. The molecule has 0 spiro atoms. The van der Waals surface area contributed by atoms with Gasteiger partial charge in [0, 0.05) is 63.0 Å². The van der Waals surface area contributed by atoms with Gasteiger partial charge in [-0.3, -0.25) is 38.6 Å². The molecule has 32 heavy (non-hydrogen) atoms. The van der Waals surface area contributed by atoms with Crippen LogP contribution in [-0.2, 0) is 19.2 Å². The van der Waals surface area contributed by atoms with Crippen LogP contribution in [0.25, 0.3) is 0 Å². The van der Waals surface area contributed by atoms with E-state index < -0.39 is 0 Å². The zero-order chi connectivity index (χ0) is 23.1. The number of likely N-dealkylation sites (tertiary alicyclic amines) is 2. The highest BCUT2D eigenvalue weighted by Gasteiger charge is 2.28. The number of amides is 6. The molecule has 0 bridgehead atoms. The largest absolute Gasteiger partial charge is 0.352 e. The Hall–Kier alpha value is -3.56. The van der Waals surface area contributed by atoms with Crippen molar-refractivity contribution in [3.8, 4) is 0 Å². The summed E-state index contributed by atoms with van der Waals surface area (Å²) in [6.07, 6.45) is 1.95. The number of nitrogens with zero attached hydrogens (tertiary/aromatic N) is 2. The molecule has 0 aromatic heterocycles. The third-order valence-corrected chi connectivity index (χ3v) is 5.41. The maximum Gasteiger partial charge on any atom is 0.251 e. The van der Waals surface area contributed by atoms with Gasteiger partial charge in [-0.1, -0.05) is 0 Å². The lowest BCUT2D eigenvalue weighted by molar-refractivity contribution is -0.140. The first-order valence-corrected chi connectivity index (χ1v) is 10.7. The van der Waals surface area contributed by atoms with E-state index in [4.69, 9.17) is 0 Å². The van der Waals surface area contributed by atoms with Crippen LogP contribution in [0, 0.1) is 0 Å². The van der Waals surface area contributed by atoms with Crippen molar-refractivity contribution in [1.29, 1.82) is 0 Å². The summed E-state index contributed by atoms with van der Waals surface area (Å²) in [5, 5.41) is 5.46. The van der Waals surface area contributed by atoms with Gasteiger partial charge >= 0.3 is 0 Å². The van der Waals surface area contributed by atoms with E-state index in [0.29, 0.717) is 37.1 Å². The van der Waals surface area contributed by atoms with Crippen molar-refractivity contribution in [3.05, 3.63) is 35.4 Å². The van der Waals surface area contributed by atoms with Gasteiger partial charge in [-0.05, 0) is 37.1 Å². The van der Waals surface area contributed by atoms with Crippen LogP contribution >= 0.6 is 0 Å². The Bertz CT molecular complexity index is 820. The van der Waals surface area contributed by atoms with E-state index in [1.54, 1.807) is 24.3 Å². The summed E-state index contributed by atoms with van der Waals surface area (Å²) < 4.78 is 0. The molecule has 6 amide bonds. The summed E-state index contributed by atoms with van der Waals surface area (Å²) in [6.45, 7) is 1.22. The average molecular weight is 442 g/mol. The molecular weight excluding hydrogens is 416 g/mol. The van der Waals surface area contributed by atoms with Crippen molar-refractivity contribution in [2.24, 2.45) is 0 Å². The fourth-order valence-corrected chi connectivity index (χ4v) is 3.60. The number of carbonyl (C=O) groups is 6. The molecule has 10 nitrogen and oxygen atoms in total. The maximum atomic E-state index is 12.2. The Balaban J connectivity index is 1.36. The minimum Gasteiger partial charge on any atom is -0.352 e. The van der Waals surface area contributed by atoms with Crippen molar-refractivity contribution in [2.45, 2.75) is 38.5 Å². The van der Waals surface area contributed by atoms with Gasteiger partial charge < -0.3 is 10.6 Å². The topological polar surface area (TPSA) is 133 Å². The molecule has 0 atom stereocenters. The monoisotopic (exact) mass is 442 g/mol. The zero-order valence-electron chi connectivity index (χ0n) is 17.7. The van der Waals surface area contributed by atoms with E-state index in [2.05, 4.69) is 10.6 Å². The number of carbonyl (C=O) groups excluding carboxylic acids is 6. The molecule has 2 aliphatic heterocycles. The number of benzene rings is 1. The molecule has 0 radical (unpaired) electrons. The van der Waals surface area contributed by atoms with Gasteiger partial charge in [0.15, 0.2) is 0 Å². The first kappa shape index (κ1) is 23.1. The zero-order valence-corrected chi connectivity index (χ0v) is 17.7. The molecule has 3 rings (SSSR count). The number of hydrogen-bond acceptors (Lipinski definition) is 6. The Morgan fingerprint density at radius 2 is 0.938 bits per heavy atom. The van der Waals surface area contributed by atoms with E-state index in [1.165, 1.54) is 9.80 Å².